The Kier molecular flexibility index (Phi) is 3.62. The molecule has 0 spiro atoms. The molecular weight excluding hydrogens is 210 g/mol. The quantitative estimate of drug-likeness (QED) is 0.567. The Balaban J connectivity index is 2.94. The minimum absolute atomic E-state index is 0.786. The molecule has 14 heavy (non-hydrogen) atoms. The highest BCUT2D eigenvalue weighted by Crippen LogP contribution is 2.11. The molecule has 0 atom stereocenters. The molecule has 0 unspecified atom stereocenters. The molecule has 0 fully saturated rings. The van der Waals surface area contributed by atoms with E-state index < -0.39 is 8.07 Å². The molecule has 0 N–H and O–H groups in total. The van der Waals surface area contributed by atoms with Crippen molar-refractivity contribution < 1.29 is 0 Å². The smallest absolute Gasteiger partial charge is 0.0959 e. The van der Waals surface area contributed by atoms with E-state index in [1.54, 1.807) is 0 Å². The topological polar surface area (TPSA) is 3.24 Å². The molecule has 0 aliphatic rings. The van der Waals surface area contributed by atoms with E-state index in [4.69, 9.17) is 11.6 Å². The summed E-state index contributed by atoms with van der Waals surface area (Å²) in [6, 6.07) is 8.75. The maximum Gasteiger partial charge on any atom is 0.0959 e. The molecule has 0 saturated carbocycles. The van der Waals surface area contributed by atoms with Gasteiger partial charge in [0.15, 0.2) is 0 Å². The first-order chi connectivity index (χ1) is 6.47. The van der Waals surface area contributed by atoms with Crippen molar-refractivity contribution in [2.75, 3.05) is 24.5 Å². The molecule has 0 heterocycles. The fourth-order valence-electron chi connectivity index (χ4n) is 1.29. The standard InChI is InChI=1S/C11H18ClNSi/c1-13(2)10-5-7-11(8-6-10)14(3,4)9-12/h5-8H,9H2,1-4H3. The van der Waals surface area contributed by atoms with E-state index in [0.29, 0.717) is 0 Å². The van der Waals surface area contributed by atoms with Crippen LogP contribution in [0.5, 0.6) is 0 Å². The van der Waals surface area contributed by atoms with Gasteiger partial charge < -0.3 is 4.90 Å². The minimum Gasteiger partial charge on any atom is -0.378 e. The van der Waals surface area contributed by atoms with Gasteiger partial charge in [0.2, 0.25) is 0 Å². The van der Waals surface area contributed by atoms with E-state index in [1.165, 1.54) is 10.9 Å². The third kappa shape index (κ3) is 2.52. The summed E-state index contributed by atoms with van der Waals surface area (Å²) in [5.41, 5.74) is 2.03. The summed E-state index contributed by atoms with van der Waals surface area (Å²) in [6.45, 7) is 4.59. The second-order valence-corrected chi connectivity index (χ2v) is 9.87. The molecular formula is C11H18ClNSi. The third-order valence-corrected chi connectivity index (χ3v) is 7.07. The first-order valence-corrected chi connectivity index (χ1v) is 8.55. The van der Waals surface area contributed by atoms with Crippen LogP contribution in [-0.2, 0) is 0 Å². The van der Waals surface area contributed by atoms with Crippen molar-refractivity contribution in [1.82, 2.24) is 0 Å². The average molecular weight is 228 g/mol. The van der Waals surface area contributed by atoms with E-state index in [0.717, 1.165) is 5.50 Å². The van der Waals surface area contributed by atoms with Gasteiger partial charge in [-0.25, -0.2) is 0 Å². The van der Waals surface area contributed by atoms with Gasteiger partial charge in [-0.1, -0.05) is 30.4 Å². The first kappa shape index (κ1) is 11.6. The zero-order valence-corrected chi connectivity index (χ0v) is 11.1. The molecule has 0 saturated heterocycles. The fraction of sp³-hybridized carbons (Fsp3) is 0.455. The summed E-state index contributed by atoms with van der Waals surface area (Å²) in [7, 11) is 2.75. The molecule has 1 nitrogen and oxygen atoms in total. The van der Waals surface area contributed by atoms with E-state index in [-0.39, 0.29) is 0 Å². The van der Waals surface area contributed by atoms with Crippen LogP contribution in [0.4, 0.5) is 5.69 Å². The van der Waals surface area contributed by atoms with Gasteiger partial charge in [-0.3, -0.25) is 0 Å². The Morgan fingerprint density at radius 1 is 1.14 bits per heavy atom. The Labute approximate surface area is 92.7 Å². The molecule has 1 aromatic rings. The maximum atomic E-state index is 5.98. The van der Waals surface area contributed by atoms with Crippen LogP contribution in [0.3, 0.4) is 0 Å². The van der Waals surface area contributed by atoms with Gasteiger partial charge in [-0.15, -0.1) is 11.6 Å². The molecule has 3 heteroatoms. The minimum atomic E-state index is -1.36. The van der Waals surface area contributed by atoms with Crippen molar-refractivity contribution in [2.45, 2.75) is 13.1 Å². The van der Waals surface area contributed by atoms with Crippen LogP contribution in [0.1, 0.15) is 0 Å². The second kappa shape index (κ2) is 4.37. The molecule has 0 aliphatic heterocycles. The molecule has 1 aromatic carbocycles. The van der Waals surface area contributed by atoms with E-state index in [9.17, 15) is 0 Å². The number of anilines is 1. The number of halogens is 1. The summed E-state index contributed by atoms with van der Waals surface area (Å²) >= 11 is 5.98. The van der Waals surface area contributed by atoms with Crippen molar-refractivity contribution in [3.05, 3.63) is 24.3 Å². The first-order valence-electron chi connectivity index (χ1n) is 4.81. The van der Waals surface area contributed by atoms with E-state index in [2.05, 4.69) is 56.4 Å². The molecule has 0 radical (unpaired) electrons. The molecule has 1 rings (SSSR count). The highest BCUT2D eigenvalue weighted by Gasteiger charge is 2.21. The van der Waals surface area contributed by atoms with Gasteiger partial charge in [0.25, 0.3) is 0 Å². The van der Waals surface area contributed by atoms with Crippen LogP contribution >= 0.6 is 11.6 Å². The molecule has 0 bridgehead atoms. The summed E-state index contributed by atoms with van der Waals surface area (Å²) in [5, 5.41) is 1.43. The SMILES string of the molecule is CN(C)c1ccc([Si](C)(C)CCl)cc1. The van der Waals surface area contributed by atoms with E-state index >= 15 is 0 Å². The molecule has 0 amide bonds. The lowest BCUT2D eigenvalue weighted by atomic mass is 10.3. The van der Waals surface area contributed by atoms with Crippen LogP contribution in [-0.4, -0.2) is 27.7 Å². The van der Waals surface area contributed by atoms with Gasteiger partial charge in [0, 0.05) is 25.3 Å². The zero-order valence-electron chi connectivity index (χ0n) is 9.34. The summed E-state index contributed by atoms with van der Waals surface area (Å²) < 4.78 is 0. The van der Waals surface area contributed by atoms with Crippen LogP contribution < -0.4 is 10.1 Å². The van der Waals surface area contributed by atoms with Gasteiger partial charge >= 0.3 is 0 Å². The van der Waals surface area contributed by atoms with Crippen molar-refractivity contribution in [3.63, 3.8) is 0 Å². The molecule has 78 valence electrons. The normalized spacial score (nSPS) is 11.5. The predicted octanol–water partition coefficient (Wildman–Crippen LogP) is 2.45. The molecule has 0 aliphatic carbocycles. The number of benzene rings is 1. The van der Waals surface area contributed by atoms with Gasteiger partial charge in [0.1, 0.15) is 0 Å². The van der Waals surface area contributed by atoms with Gasteiger partial charge in [0.05, 0.1) is 8.07 Å². The van der Waals surface area contributed by atoms with Crippen LogP contribution in [0.25, 0.3) is 0 Å². The largest absolute Gasteiger partial charge is 0.378 e. The summed E-state index contributed by atoms with van der Waals surface area (Å²) in [5.74, 6) is 0. The molecule has 0 aromatic heterocycles. The lowest BCUT2D eigenvalue weighted by Gasteiger charge is -2.21. The van der Waals surface area contributed by atoms with Crippen LogP contribution in [0.2, 0.25) is 13.1 Å². The number of rotatable bonds is 3. The Morgan fingerprint density at radius 2 is 1.64 bits per heavy atom. The Hall–Kier alpha value is -0.473. The fourth-order valence-corrected chi connectivity index (χ4v) is 2.97. The predicted molar refractivity (Wildman–Crippen MR) is 68.6 cm³/mol. The van der Waals surface area contributed by atoms with Gasteiger partial charge in [-0.2, -0.15) is 0 Å². The highest BCUT2D eigenvalue weighted by molar-refractivity contribution is 6.94. The Morgan fingerprint density at radius 3 is 2.00 bits per heavy atom. The Bertz CT molecular complexity index is 293. The number of hydrogen-bond donors (Lipinski definition) is 0. The van der Waals surface area contributed by atoms with Crippen LogP contribution in [0.15, 0.2) is 24.3 Å². The maximum absolute atomic E-state index is 5.98. The van der Waals surface area contributed by atoms with Crippen LogP contribution in [0, 0.1) is 0 Å². The summed E-state index contributed by atoms with van der Waals surface area (Å²) in [4.78, 5) is 2.11. The van der Waals surface area contributed by atoms with Crippen molar-refractivity contribution in [1.29, 1.82) is 0 Å². The zero-order chi connectivity index (χ0) is 10.8. The number of nitrogens with zero attached hydrogens (tertiary/aromatic N) is 1. The number of hydrogen-bond acceptors (Lipinski definition) is 1. The second-order valence-electron chi connectivity index (χ2n) is 4.46. The lowest BCUT2D eigenvalue weighted by molar-refractivity contribution is 1.13. The van der Waals surface area contributed by atoms with Crippen molar-refractivity contribution in [2.24, 2.45) is 0 Å². The van der Waals surface area contributed by atoms with Crippen molar-refractivity contribution >= 4 is 30.5 Å². The lowest BCUT2D eigenvalue weighted by Crippen LogP contribution is -2.43. The summed E-state index contributed by atoms with van der Waals surface area (Å²) in [6.07, 6.45) is 0. The van der Waals surface area contributed by atoms with Gasteiger partial charge in [-0.05, 0) is 12.1 Å². The highest BCUT2D eigenvalue weighted by atomic mass is 35.5. The monoisotopic (exact) mass is 227 g/mol. The average Bonchev–Trinajstić information content (AvgIpc) is 2.18. The third-order valence-electron chi connectivity index (χ3n) is 2.50. The number of alkyl halides is 1. The van der Waals surface area contributed by atoms with E-state index in [1.807, 2.05) is 0 Å². The van der Waals surface area contributed by atoms with Crippen molar-refractivity contribution in [3.8, 4) is 0 Å².